The first-order valence-corrected chi connectivity index (χ1v) is 6.44. The smallest absolute Gasteiger partial charge is 0.356 e. The largest absolute Gasteiger partial charge is 0.476 e. The highest BCUT2D eigenvalue weighted by molar-refractivity contribution is 7.92. The molecule has 98 valence electrons. The van der Waals surface area contributed by atoms with E-state index in [0.717, 1.165) is 6.26 Å². The van der Waals surface area contributed by atoms with Crippen molar-refractivity contribution in [3.8, 4) is 0 Å². The number of fused-ring (bicyclic) bond motifs is 1. The van der Waals surface area contributed by atoms with E-state index >= 15 is 0 Å². The molecule has 0 atom stereocenters. The third-order valence-corrected chi connectivity index (χ3v) is 2.58. The van der Waals surface area contributed by atoms with Gasteiger partial charge in [0.2, 0.25) is 10.0 Å². The fourth-order valence-corrected chi connectivity index (χ4v) is 1.92. The summed E-state index contributed by atoms with van der Waals surface area (Å²) in [4.78, 5) is 14.5. The summed E-state index contributed by atoms with van der Waals surface area (Å²) < 4.78 is 25.8. The van der Waals surface area contributed by atoms with Crippen molar-refractivity contribution in [3.05, 3.63) is 30.2 Å². The van der Waals surface area contributed by atoms with Crippen LogP contribution in [0.2, 0.25) is 0 Å². The second-order valence-electron chi connectivity index (χ2n) is 3.49. The first-order chi connectivity index (χ1) is 7.85. The lowest BCUT2D eigenvalue weighted by Gasteiger charge is -2.03. The number of carboxylic acid groups (broad SMARTS) is 1. The lowest BCUT2D eigenvalue weighted by Crippen LogP contribution is -2.09. The van der Waals surface area contributed by atoms with Gasteiger partial charge in [0.15, 0.2) is 5.69 Å². The number of imidazole rings is 1. The van der Waals surface area contributed by atoms with Gasteiger partial charge in [0.25, 0.3) is 0 Å². The molecule has 2 heterocycles. The molecule has 0 fully saturated rings. The quantitative estimate of drug-likeness (QED) is 0.872. The van der Waals surface area contributed by atoms with Crippen molar-refractivity contribution in [2.75, 3.05) is 11.0 Å². The van der Waals surface area contributed by atoms with Gasteiger partial charge in [-0.2, -0.15) is 0 Å². The van der Waals surface area contributed by atoms with Crippen LogP contribution >= 0.6 is 12.4 Å². The van der Waals surface area contributed by atoms with E-state index in [0.29, 0.717) is 11.3 Å². The van der Waals surface area contributed by atoms with E-state index in [1.54, 1.807) is 0 Å². The Hall–Kier alpha value is -1.80. The van der Waals surface area contributed by atoms with E-state index < -0.39 is 16.0 Å². The number of pyridine rings is 1. The maximum atomic E-state index is 11.0. The molecule has 0 aromatic carbocycles. The summed E-state index contributed by atoms with van der Waals surface area (Å²) in [6.45, 7) is 0. The molecule has 0 saturated heterocycles. The van der Waals surface area contributed by atoms with E-state index in [9.17, 15) is 13.2 Å². The maximum absolute atomic E-state index is 11.0. The van der Waals surface area contributed by atoms with Gasteiger partial charge in [-0.3, -0.25) is 4.72 Å². The van der Waals surface area contributed by atoms with Gasteiger partial charge >= 0.3 is 5.97 Å². The molecule has 0 spiro atoms. The molecule has 2 aromatic rings. The molecule has 0 aliphatic carbocycles. The summed E-state index contributed by atoms with van der Waals surface area (Å²) in [7, 11) is -3.36. The third-order valence-electron chi connectivity index (χ3n) is 1.97. The Labute approximate surface area is 109 Å². The maximum Gasteiger partial charge on any atom is 0.356 e. The van der Waals surface area contributed by atoms with E-state index in [4.69, 9.17) is 5.11 Å². The van der Waals surface area contributed by atoms with Gasteiger partial charge in [0.1, 0.15) is 5.65 Å². The molecule has 2 rings (SSSR count). The second kappa shape index (κ2) is 4.83. The topological polar surface area (TPSA) is 101 Å². The van der Waals surface area contributed by atoms with Crippen molar-refractivity contribution < 1.29 is 18.3 Å². The summed E-state index contributed by atoms with van der Waals surface area (Å²) >= 11 is 0. The Morgan fingerprint density at radius 3 is 2.61 bits per heavy atom. The Morgan fingerprint density at radius 1 is 1.39 bits per heavy atom. The van der Waals surface area contributed by atoms with Gasteiger partial charge in [-0.1, -0.05) is 0 Å². The van der Waals surface area contributed by atoms with Gasteiger partial charge in [-0.25, -0.2) is 18.2 Å². The number of nitrogens with one attached hydrogen (secondary N) is 1. The van der Waals surface area contributed by atoms with Crippen LogP contribution < -0.4 is 4.72 Å². The summed E-state index contributed by atoms with van der Waals surface area (Å²) in [5, 5.41) is 8.75. The van der Waals surface area contributed by atoms with Crippen LogP contribution in [0.5, 0.6) is 0 Å². The molecule has 0 unspecified atom stereocenters. The summed E-state index contributed by atoms with van der Waals surface area (Å²) in [5.41, 5.74) is 0.678. The van der Waals surface area contributed by atoms with Gasteiger partial charge in [0, 0.05) is 12.4 Å². The normalized spacial score (nSPS) is 10.9. The highest BCUT2D eigenvalue weighted by Crippen LogP contribution is 2.12. The minimum absolute atomic E-state index is 0. The fraction of sp³-hybridized carbons (Fsp3) is 0.111. The predicted molar refractivity (Wildman–Crippen MR) is 67.9 cm³/mol. The van der Waals surface area contributed by atoms with Crippen molar-refractivity contribution in [2.45, 2.75) is 0 Å². The first-order valence-electron chi connectivity index (χ1n) is 4.55. The van der Waals surface area contributed by atoms with E-state index in [-0.39, 0.29) is 18.1 Å². The number of carboxylic acids is 1. The number of carbonyl (C=O) groups is 1. The van der Waals surface area contributed by atoms with Crippen LogP contribution in [0.4, 0.5) is 5.69 Å². The van der Waals surface area contributed by atoms with Crippen molar-refractivity contribution in [1.29, 1.82) is 0 Å². The first kappa shape index (κ1) is 14.3. The molecule has 0 aliphatic rings. The van der Waals surface area contributed by atoms with Gasteiger partial charge in [0.05, 0.1) is 11.9 Å². The van der Waals surface area contributed by atoms with Gasteiger partial charge in [-0.15, -0.1) is 12.4 Å². The second-order valence-corrected chi connectivity index (χ2v) is 5.24. The number of halogens is 1. The molecule has 7 nitrogen and oxygen atoms in total. The standard InChI is InChI=1S/C9H9N3O4S.ClH/c1-17(15,16)11-6-2-3-8-10-7(9(13)14)5-12(8)4-6;/h2-5,11H,1H3,(H,13,14);1H. The number of sulfonamides is 1. The van der Waals surface area contributed by atoms with Crippen LogP contribution in [-0.4, -0.2) is 35.1 Å². The minimum atomic E-state index is -3.36. The van der Waals surface area contributed by atoms with Crippen molar-refractivity contribution in [3.63, 3.8) is 0 Å². The Morgan fingerprint density at radius 2 is 2.06 bits per heavy atom. The predicted octanol–water partition coefficient (Wildman–Crippen LogP) is 0.826. The van der Waals surface area contributed by atoms with Gasteiger partial charge in [-0.05, 0) is 12.1 Å². The number of anilines is 1. The molecule has 2 aromatic heterocycles. The van der Waals surface area contributed by atoms with E-state index in [2.05, 4.69) is 9.71 Å². The van der Waals surface area contributed by atoms with Crippen LogP contribution in [0.25, 0.3) is 5.65 Å². The van der Waals surface area contributed by atoms with Crippen LogP contribution in [0.15, 0.2) is 24.5 Å². The highest BCUT2D eigenvalue weighted by atomic mass is 35.5. The third kappa shape index (κ3) is 3.11. The van der Waals surface area contributed by atoms with Crippen LogP contribution in [0.3, 0.4) is 0 Å². The highest BCUT2D eigenvalue weighted by Gasteiger charge is 2.09. The van der Waals surface area contributed by atoms with Crippen molar-refractivity contribution in [1.82, 2.24) is 9.38 Å². The van der Waals surface area contributed by atoms with Crippen LogP contribution in [-0.2, 0) is 10.0 Å². The molecule has 9 heteroatoms. The number of aromatic carboxylic acids is 1. The number of rotatable bonds is 3. The average molecular weight is 292 g/mol. The average Bonchev–Trinajstić information content (AvgIpc) is 2.57. The van der Waals surface area contributed by atoms with Crippen molar-refractivity contribution in [2.24, 2.45) is 0 Å². The zero-order valence-electron chi connectivity index (χ0n) is 9.19. The zero-order chi connectivity index (χ0) is 12.6. The molecule has 0 radical (unpaired) electrons. The number of aromatic nitrogens is 2. The monoisotopic (exact) mass is 291 g/mol. The number of hydrogen-bond acceptors (Lipinski definition) is 4. The fourth-order valence-electron chi connectivity index (χ4n) is 1.37. The molecule has 0 saturated carbocycles. The molecule has 0 bridgehead atoms. The van der Waals surface area contributed by atoms with Crippen molar-refractivity contribution >= 4 is 39.7 Å². The molecular weight excluding hydrogens is 282 g/mol. The lowest BCUT2D eigenvalue weighted by molar-refractivity contribution is 0.0691. The molecule has 0 amide bonds. The number of nitrogens with zero attached hydrogens (tertiary/aromatic N) is 2. The Kier molecular flexibility index (Phi) is 3.82. The summed E-state index contributed by atoms with van der Waals surface area (Å²) in [6, 6.07) is 3.04. The molecule has 18 heavy (non-hydrogen) atoms. The molecule has 2 N–H and O–H groups in total. The number of hydrogen-bond donors (Lipinski definition) is 2. The Bertz CT molecular complexity index is 695. The summed E-state index contributed by atoms with van der Waals surface area (Å²) in [6.07, 6.45) is 3.80. The van der Waals surface area contributed by atoms with E-state index in [1.807, 2.05) is 0 Å². The lowest BCUT2D eigenvalue weighted by atomic mass is 10.4. The Balaban J connectivity index is 0.00000162. The molecular formula is C9H10ClN3O4S. The van der Waals surface area contributed by atoms with E-state index in [1.165, 1.54) is 28.9 Å². The SMILES string of the molecule is CS(=O)(=O)Nc1ccc2nc(C(=O)O)cn2c1.Cl. The van der Waals surface area contributed by atoms with Crippen LogP contribution in [0.1, 0.15) is 10.5 Å². The molecule has 0 aliphatic heterocycles. The zero-order valence-corrected chi connectivity index (χ0v) is 10.8. The summed E-state index contributed by atoms with van der Waals surface area (Å²) in [5.74, 6) is -1.13. The van der Waals surface area contributed by atoms with Gasteiger partial charge < -0.3 is 9.51 Å². The van der Waals surface area contributed by atoms with Crippen LogP contribution in [0, 0.1) is 0 Å². The minimum Gasteiger partial charge on any atom is -0.476 e.